The number of nitrogens with one attached hydrogen (secondary N) is 2. The molecule has 21 heavy (non-hydrogen) atoms. The van der Waals surface area contributed by atoms with Gasteiger partial charge in [0.25, 0.3) is 5.91 Å². The van der Waals surface area contributed by atoms with E-state index in [0.717, 1.165) is 17.8 Å². The van der Waals surface area contributed by atoms with Crippen LogP contribution in [0.5, 0.6) is 5.75 Å². The van der Waals surface area contributed by atoms with Gasteiger partial charge >= 0.3 is 0 Å². The average Bonchev–Trinajstić information content (AvgIpc) is 2.53. The van der Waals surface area contributed by atoms with E-state index in [0.29, 0.717) is 5.75 Å². The summed E-state index contributed by atoms with van der Waals surface area (Å²) in [6.45, 7) is 2.23. The van der Waals surface area contributed by atoms with Crippen molar-refractivity contribution in [1.82, 2.24) is 0 Å². The van der Waals surface area contributed by atoms with Gasteiger partial charge in [0.1, 0.15) is 5.75 Å². The first-order valence-corrected chi connectivity index (χ1v) is 7.14. The molecule has 4 heteroatoms. The zero-order valence-electron chi connectivity index (χ0n) is 11.9. The van der Waals surface area contributed by atoms with Crippen molar-refractivity contribution in [2.45, 2.75) is 19.4 Å². The third kappa shape index (κ3) is 2.99. The lowest BCUT2D eigenvalue weighted by Gasteiger charge is -2.22. The van der Waals surface area contributed by atoms with Crippen LogP contribution in [0.2, 0.25) is 0 Å². The van der Waals surface area contributed by atoms with Gasteiger partial charge in [0, 0.05) is 5.69 Å². The Kier molecular flexibility index (Phi) is 3.77. The van der Waals surface area contributed by atoms with E-state index in [1.54, 1.807) is 0 Å². The fourth-order valence-corrected chi connectivity index (χ4v) is 2.48. The molecule has 0 fully saturated rings. The molecule has 0 radical (unpaired) electrons. The van der Waals surface area contributed by atoms with Crippen molar-refractivity contribution in [1.29, 1.82) is 0 Å². The Labute approximate surface area is 124 Å². The Bertz CT molecular complexity index is 640. The molecule has 3 rings (SSSR count). The topological polar surface area (TPSA) is 50.4 Å². The number of hydrogen-bond donors (Lipinski definition) is 2. The summed E-state index contributed by atoms with van der Waals surface area (Å²) in [5.74, 6) is 0.600. The molecule has 0 saturated heterocycles. The Balaban J connectivity index is 1.81. The number of rotatable bonds is 4. The fourth-order valence-electron chi connectivity index (χ4n) is 2.48. The summed E-state index contributed by atoms with van der Waals surface area (Å²) in [7, 11) is 0. The van der Waals surface area contributed by atoms with Crippen molar-refractivity contribution in [3.8, 4) is 5.75 Å². The molecule has 0 aromatic heterocycles. The second kappa shape index (κ2) is 5.87. The molecule has 4 nitrogen and oxygen atoms in total. The number of carbonyl (C=O) groups excluding carboxylic acids is 1. The largest absolute Gasteiger partial charge is 0.482 e. The standard InChI is InChI=1S/C17H18N2O2/c1-2-14(12-6-4-3-5-7-12)18-13-8-9-16-15(10-13)19-17(20)11-21-16/h3-10,14,18H,2,11H2,1H3,(H,19,20). The number of fused-ring (bicyclic) bond motifs is 1. The lowest BCUT2D eigenvalue weighted by molar-refractivity contribution is -0.118. The predicted molar refractivity (Wildman–Crippen MR) is 83.7 cm³/mol. The molecule has 1 unspecified atom stereocenters. The quantitative estimate of drug-likeness (QED) is 0.901. The van der Waals surface area contributed by atoms with E-state index >= 15 is 0 Å². The van der Waals surface area contributed by atoms with Gasteiger partial charge in [0.05, 0.1) is 11.7 Å². The molecule has 108 valence electrons. The third-order valence-electron chi connectivity index (χ3n) is 3.56. The molecule has 0 saturated carbocycles. The number of amides is 1. The van der Waals surface area contributed by atoms with Gasteiger partial charge in [-0.05, 0) is 30.2 Å². The second-order valence-electron chi connectivity index (χ2n) is 5.06. The van der Waals surface area contributed by atoms with Crippen LogP contribution in [0, 0.1) is 0 Å². The molecule has 0 bridgehead atoms. The first-order valence-electron chi connectivity index (χ1n) is 7.14. The van der Waals surface area contributed by atoms with Gasteiger partial charge < -0.3 is 15.4 Å². The van der Waals surface area contributed by atoms with Crippen LogP contribution in [-0.4, -0.2) is 12.5 Å². The highest BCUT2D eigenvalue weighted by Gasteiger charge is 2.17. The second-order valence-corrected chi connectivity index (χ2v) is 5.06. The predicted octanol–water partition coefficient (Wildman–Crippen LogP) is 3.58. The average molecular weight is 282 g/mol. The Morgan fingerprint density at radius 3 is 2.81 bits per heavy atom. The molecule has 1 heterocycles. The maximum atomic E-state index is 11.4. The van der Waals surface area contributed by atoms with Gasteiger partial charge in [0.15, 0.2) is 6.61 Å². The highest BCUT2D eigenvalue weighted by Crippen LogP contribution is 2.32. The zero-order valence-corrected chi connectivity index (χ0v) is 11.9. The van der Waals surface area contributed by atoms with Gasteiger partial charge in [-0.2, -0.15) is 0 Å². The van der Waals surface area contributed by atoms with E-state index < -0.39 is 0 Å². The maximum Gasteiger partial charge on any atom is 0.262 e. The monoisotopic (exact) mass is 282 g/mol. The van der Waals surface area contributed by atoms with Crippen molar-refractivity contribution in [3.05, 3.63) is 54.1 Å². The van der Waals surface area contributed by atoms with Crippen molar-refractivity contribution in [3.63, 3.8) is 0 Å². The van der Waals surface area contributed by atoms with Crippen molar-refractivity contribution < 1.29 is 9.53 Å². The normalized spacial score (nSPS) is 14.6. The number of benzene rings is 2. The van der Waals surface area contributed by atoms with Gasteiger partial charge in [-0.1, -0.05) is 37.3 Å². The molecule has 2 aromatic rings. The lowest BCUT2D eigenvalue weighted by Crippen LogP contribution is -2.25. The summed E-state index contributed by atoms with van der Waals surface area (Å²) in [5, 5.41) is 6.33. The molecule has 0 spiro atoms. The summed E-state index contributed by atoms with van der Waals surface area (Å²) in [4.78, 5) is 11.4. The fraction of sp³-hybridized carbons (Fsp3) is 0.235. The SMILES string of the molecule is CCC(Nc1ccc2c(c1)NC(=O)CO2)c1ccccc1. The highest BCUT2D eigenvalue weighted by molar-refractivity contribution is 5.96. The Morgan fingerprint density at radius 1 is 1.24 bits per heavy atom. The van der Waals surface area contributed by atoms with Crippen molar-refractivity contribution in [2.24, 2.45) is 0 Å². The highest BCUT2D eigenvalue weighted by atomic mass is 16.5. The summed E-state index contributed by atoms with van der Waals surface area (Å²) >= 11 is 0. The Hall–Kier alpha value is -2.49. The smallest absolute Gasteiger partial charge is 0.262 e. The van der Waals surface area contributed by atoms with Gasteiger partial charge in [-0.15, -0.1) is 0 Å². The number of anilines is 2. The van der Waals surface area contributed by atoms with Crippen LogP contribution in [0.25, 0.3) is 0 Å². The van der Waals surface area contributed by atoms with Crippen LogP contribution in [0.3, 0.4) is 0 Å². The minimum atomic E-state index is -0.116. The minimum Gasteiger partial charge on any atom is -0.482 e. The first kappa shape index (κ1) is 13.5. The minimum absolute atomic E-state index is 0.0847. The van der Waals surface area contributed by atoms with E-state index in [1.165, 1.54) is 5.56 Å². The lowest BCUT2D eigenvalue weighted by atomic mass is 10.0. The maximum absolute atomic E-state index is 11.4. The van der Waals surface area contributed by atoms with E-state index in [4.69, 9.17) is 4.74 Å². The summed E-state index contributed by atoms with van der Waals surface area (Å²) < 4.78 is 5.37. The summed E-state index contributed by atoms with van der Waals surface area (Å²) in [6, 6.07) is 16.3. The van der Waals surface area contributed by atoms with E-state index in [1.807, 2.05) is 36.4 Å². The number of ether oxygens (including phenoxy) is 1. The third-order valence-corrected chi connectivity index (χ3v) is 3.56. The molecule has 2 N–H and O–H groups in total. The Morgan fingerprint density at radius 2 is 2.05 bits per heavy atom. The first-order chi connectivity index (χ1) is 10.3. The van der Waals surface area contributed by atoms with Crippen LogP contribution < -0.4 is 15.4 Å². The summed E-state index contributed by atoms with van der Waals surface area (Å²) in [6.07, 6.45) is 0.976. The summed E-state index contributed by atoms with van der Waals surface area (Å²) in [5.41, 5.74) is 2.94. The zero-order chi connectivity index (χ0) is 14.7. The molecular formula is C17H18N2O2. The molecule has 1 amide bonds. The van der Waals surface area contributed by atoms with Gasteiger partial charge in [0.2, 0.25) is 0 Å². The molecule has 1 aliphatic heterocycles. The molecule has 1 aliphatic rings. The van der Waals surface area contributed by atoms with Crippen LogP contribution in [0.15, 0.2) is 48.5 Å². The number of carbonyl (C=O) groups is 1. The van der Waals surface area contributed by atoms with E-state index in [2.05, 4.69) is 29.7 Å². The van der Waals surface area contributed by atoms with E-state index in [-0.39, 0.29) is 18.6 Å². The number of hydrogen-bond acceptors (Lipinski definition) is 3. The van der Waals surface area contributed by atoms with Crippen molar-refractivity contribution in [2.75, 3.05) is 17.2 Å². The van der Waals surface area contributed by atoms with Crippen LogP contribution in [0.1, 0.15) is 24.9 Å². The van der Waals surface area contributed by atoms with E-state index in [9.17, 15) is 4.79 Å². The van der Waals surface area contributed by atoms with Crippen LogP contribution in [-0.2, 0) is 4.79 Å². The molecular weight excluding hydrogens is 264 g/mol. The van der Waals surface area contributed by atoms with Crippen molar-refractivity contribution >= 4 is 17.3 Å². The van der Waals surface area contributed by atoms with Crippen LogP contribution >= 0.6 is 0 Å². The van der Waals surface area contributed by atoms with Gasteiger partial charge in [-0.25, -0.2) is 0 Å². The molecule has 1 atom stereocenters. The molecule has 2 aromatic carbocycles. The molecule has 0 aliphatic carbocycles. The van der Waals surface area contributed by atoms with Gasteiger partial charge in [-0.3, -0.25) is 4.79 Å². The van der Waals surface area contributed by atoms with Crippen LogP contribution in [0.4, 0.5) is 11.4 Å².